The first-order valence-electron chi connectivity index (χ1n) is 8.94. The highest BCUT2D eigenvalue weighted by molar-refractivity contribution is 7.10. The van der Waals surface area contributed by atoms with Crippen molar-refractivity contribution in [3.63, 3.8) is 0 Å². The Morgan fingerprint density at radius 2 is 2.03 bits per heavy atom. The van der Waals surface area contributed by atoms with Crippen LogP contribution >= 0.6 is 23.1 Å². The highest BCUT2D eigenvalue weighted by atomic mass is 35.5. The summed E-state index contributed by atoms with van der Waals surface area (Å²) in [6.45, 7) is 3.39. The van der Waals surface area contributed by atoms with Gasteiger partial charge in [-0.1, -0.05) is 28.2 Å². The quantitative estimate of drug-likeness (QED) is 0.505. The number of oxazole rings is 1. The predicted octanol–water partition coefficient (Wildman–Crippen LogP) is 3.73. The molecule has 0 aliphatic carbocycles. The Morgan fingerprint density at radius 1 is 1.34 bits per heavy atom. The lowest BCUT2D eigenvalue weighted by Gasteiger charge is -2.23. The fraction of sp³-hybridized carbons (Fsp3) is 0.278. The normalized spacial score (nSPS) is 13.7. The number of aliphatic carboxylic acids is 1. The Hall–Kier alpha value is -3.03. The van der Waals surface area contributed by atoms with Gasteiger partial charge >= 0.3 is 12.1 Å². The van der Waals surface area contributed by atoms with Gasteiger partial charge in [0.25, 0.3) is 5.91 Å². The number of nitrogens with one attached hydrogen (secondary N) is 2. The summed E-state index contributed by atoms with van der Waals surface area (Å²) in [6.07, 6.45) is -5.08. The van der Waals surface area contributed by atoms with E-state index in [1.54, 1.807) is 19.1 Å². The van der Waals surface area contributed by atoms with Crippen LogP contribution in [0.5, 0.6) is 0 Å². The lowest BCUT2D eigenvalue weighted by Crippen LogP contribution is -2.40. The number of aryl methyl sites for hydroxylation is 1. The average molecular weight is 490 g/mol. The summed E-state index contributed by atoms with van der Waals surface area (Å²) in [5.41, 5.74) is 2.32. The lowest BCUT2D eigenvalue weighted by molar-refractivity contribution is -0.192. The van der Waals surface area contributed by atoms with Gasteiger partial charge in [0.1, 0.15) is 15.8 Å². The zero-order chi connectivity index (χ0) is 23.5. The molecule has 1 aliphatic heterocycles. The minimum Gasteiger partial charge on any atom is -0.475 e. The molecule has 0 unspecified atom stereocenters. The lowest BCUT2D eigenvalue weighted by atomic mass is 10.0. The summed E-state index contributed by atoms with van der Waals surface area (Å²) in [4.78, 5) is 25.8. The number of hydrogen-bond acceptors (Lipinski definition) is 8. The van der Waals surface area contributed by atoms with Gasteiger partial charge in [0.15, 0.2) is 5.69 Å². The predicted molar refractivity (Wildman–Crippen MR) is 109 cm³/mol. The molecule has 0 spiro atoms. The molecule has 4 rings (SSSR count). The van der Waals surface area contributed by atoms with Crippen molar-refractivity contribution in [1.29, 1.82) is 0 Å². The molecule has 3 aromatic rings. The van der Waals surface area contributed by atoms with Gasteiger partial charge in [0.05, 0.1) is 5.92 Å². The van der Waals surface area contributed by atoms with Crippen molar-refractivity contribution in [1.82, 2.24) is 19.9 Å². The van der Waals surface area contributed by atoms with E-state index in [2.05, 4.69) is 25.2 Å². The molecule has 1 aliphatic rings. The molecule has 1 fully saturated rings. The van der Waals surface area contributed by atoms with Gasteiger partial charge in [-0.25, -0.2) is 9.78 Å². The third-order valence-electron chi connectivity index (χ3n) is 4.24. The molecule has 0 atom stereocenters. The van der Waals surface area contributed by atoms with Crippen molar-refractivity contribution in [2.24, 2.45) is 0 Å². The molecule has 32 heavy (non-hydrogen) atoms. The number of halogens is 4. The second kappa shape index (κ2) is 9.63. The molecule has 3 heterocycles. The largest absolute Gasteiger partial charge is 0.490 e. The van der Waals surface area contributed by atoms with E-state index in [9.17, 15) is 18.0 Å². The molecule has 0 radical (unpaired) electrons. The summed E-state index contributed by atoms with van der Waals surface area (Å²) in [5, 5.41) is 17.1. The number of rotatable bonds is 4. The van der Waals surface area contributed by atoms with Gasteiger partial charge in [-0.3, -0.25) is 4.79 Å². The number of amides is 1. The van der Waals surface area contributed by atoms with E-state index in [1.165, 1.54) is 0 Å². The van der Waals surface area contributed by atoms with E-state index in [4.69, 9.17) is 25.9 Å². The zero-order valence-electron chi connectivity index (χ0n) is 16.2. The fourth-order valence-electron chi connectivity index (χ4n) is 2.55. The number of hydrogen-bond donors (Lipinski definition) is 3. The molecule has 1 saturated heterocycles. The maximum Gasteiger partial charge on any atom is 0.490 e. The number of nitrogens with zero attached hydrogens (tertiary/aromatic N) is 3. The monoisotopic (exact) mass is 489 g/mol. The van der Waals surface area contributed by atoms with Crippen molar-refractivity contribution in [2.75, 3.05) is 18.4 Å². The SMILES string of the molecule is Cc1oc(C2CNC2)nc1C(=O)Nc1cccc(-c2nnsc2Cl)c1.O=C(O)C(F)(F)F. The van der Waals surface area contributed by atoms with E-state index in [-0.39, 0.29) is 11.8 Å². The first-order valence-corrected chi connectivity index (χ1v) is 10.1. The van der Waals surface area contributed by atoms with Crippen LogP contribution in [0.25, 0.3) is 11.3 Å². The topological polar surface area (TPSA) is 130 Å². The standard InChI is InChI=1S/C16H14ClN5O2S.C2HF3O2/c1-8-12(20-16(24-8)10-6-18-7-10)15(23)19-11-4-2-3-9(5-11)13-14(17)25-22-21-13;3-2(4,5)1(6)7/h2-5,10,18H,6-7H2,1H3,(H,19,23);(H,6,7). The molecule has 170 valence electrons. The second-order valence-corrected chi connectivity index (χ2v) is 7.90. The number of benzene rings is 1. The molecule has 9 nitrogen and oxygen atoms in total. The van der Waals surface area contributed by atoms with Crippen molar-refractivity contribution < 1.29 is 32.3 Å². The highest BCUT2D eigenvalue weighted by Gasteiger charge is 2.38. The molecular formula is C18H15ClF3N5O4S. The molecule has 0 bridgehead atoms. The Kier molecular flexibility index (Phi) is 7.11. The van der Waals surface area contributed by atoms with Crippen LogP contribution in [0.3, 0.4) is 0 Å². The van der Waals surface area contributed by atoms with Gasteiger partial charge in [-0.05, 0) is 19.1 Å². The number of aromatic nitrogens is 3. The van der Waals surface area contributed by atoms with Gasteiger partial charge in [0, 0.05) is 35.9 Å². The van der Waals surface area contributed by atoms with Gasteiger partial charge in [-0.15, -0.1) is 5.10 Å². The van der Waals surface area contributed by atoms with E-state index in [0.29, 0.717) is 33.1 Å². The van der Waals surface area contributed by atoms with Crippen LogP contribution in [0.2, 0.25) is 4.34 Å². The Morgan fingerprint density at radius 3 is 2.56 bits per heavy atom. The van der Waals surface area contributed by atoms with E-state index in [0.717, 1.165) is 30.2 Å². The van der Waals surface area contributed by atoms with Crippen LogP contribution in [0.1, 0.15) is 28.1 Å². The maximum absolute atomic E-state index is 12.5. The van der Waals surface area contributed by atoms with Gasteiger partial charge < -0.3 is 20.2 Å². The number of carboxylic acid groups (broad SMARTS) is 1. The van der Waals surface area contributed by atoms with Crippen molar-refractivity contribution in [3.8, 4) is 11.3 Å². The van der Waals surface area contributed by atoms with E-state index in [1.807, 2.05) is 12.1 Å². The van der Waals surface area contributed by atoms with Crippen molar-refractivity contribution >= 4 is 40.7 Å². The number of carbonyl (C=O) groups excluding carboxylic acids is 1. The van der Waals surface area contributed by atoms with Crippen LogP contribution in [-0.4, -0.2) is 50.8 Å². The minimum absolute atomic E-state index is 0.239. The second-order valence-electron chi connectivity index (χ2n) is 6.55. The summed E-state index contributed by atoms with van der Waals surface area (Å²) in [5.74, 6) is -1.70. The Bertz CT molecular complexity index is 1130. The Balaban J connectivity index is 0.000000360. The van der Waals surface area contributed by atoms with Crippen molar-refractivity contribution in [2.45, 2.75) is 19.0 Å². The molecule has 14 heteroatoms. The number of carbonyl (C=O) groups is 2. The number of carboxylic acids is 1. The van der Waals surface area contributed by atoms with Crippen molar-refractivity contribution in [3.05, 3.63) is 45.9 Å². The summed E-state index contributed by atoms with van der Waals surface area (Å²) in [6, 6.07) is 7.27. The third kappa shape index (κ3) is 5.60. The Labute approximate surface area is 187 Å². The summed E-state index contributed by atoms with van der Waals surface area (Å²) in [7, 11) is 0. The maximum atomic E-state index is 12.5. The minimum atomic E-state index is -5.08. The molecule has 0 saturated carbocycles. The van der Waals surface area contributed by atoms with Gasteiger partial charge in [-0.2, -0.15) is 13.2 Å². The molecule has 3 N–H and O–H groups in total. The van der Waals surface area contributed by atoms with Crippen LogP contribution in [-0.2, 0) is 4.79 Å². The summed E-state index contributed by atoms with van der Waals surface area (Å²) >= 11 is 7.20. The van der Waals surface area contributed by atoms with E-state index < -0.39 is 12.1 Å². The molecular weight excluding hydrogens is 475 g/mol. The summed E-state index contributed by atoms with van der Waals surface area (Å²) < 4.78 is 41.7. The first-order chi connectivity index (χ1) is 15.1. The number of anilines is 1. The van der Waals surface area contributed by atoms with E-state index >= 15 is 0 Å². The number of alkyl halides is 3. The highest BCUT2D eigenvalue weighted by Crippen LogP contribution is 2.30. The van der Waals surface area contributed by atoms with Crippen LogP contribution in [0, 0.1) is 6.92 Å². The average Bonchev–Trinajstić information content (AvgIpc) is 3.26. The van der Waals surface area contributed by atoms with Gasteiger partial charge in [0.2, 0.25) is 5.89 Å². The van der Waals surface area contributed by atoms with Crippen LogP contribution in [0.15, 0.2) is 28.7 Å². The molecule has 1 aromatic carbocycles. The molecule has 1 amide bonds. The fourth-order valence-corrected chi connectivity index (χ4v) is 3.23. The third-order valence-corrected chi connectivity index (χ3v) is 5.15. The zero-order valence-corrected chi connectivity index (χ0v) is 17.8. The molecule has 2 aromatic heterocycles. The smallest absolute Gasteiger partial charge is 0.475 e. The first kappa shape index (κ1) is 23.6. The van der Waals surface area contributed by atoms with Crippen LogP contribution in [0.4, 0.5) is 18.9 Å². The van der Waals surface area contributed by atoms with Crippen LogP contribution < -0.4 is 10.6 Å².